The normalized spacial score (nSPS) is 14.6. The van der Waals surface area contributed by atoms with Gasteiger partial charge in [-0.05, 0) is 55.6 Å². The highest BCUT2D eigenvalue weighted by Gasteiger charge is 2.15. The number of carbonyl (C=O) groups excluding carboxylic acids is 1. The number of nitrogens with one attached hydrogen (secondary N) is 1. The predicted molar refractivity (Wildman–Crippen MR) is 114 cm³/mol. The monoisotopic (exact) mass is 391 g/mol. The maximum Gasteiger partial charge on any atom is 0.291 e. The van der Waals surface area contributed by atoms with Gasteiger partial charge in [-0.1, -0.05) is 18.2 Å². The Morgan fingerprint density at radius 3 is 2.41 bits per heavy atom. The first-order valence-corrected chi connectivity index (χ1v) is 9.79. The van der Waals surface area contributed by atoms with Crippen molar-refractivity contribution in [1.29, 1.82) is 0 Å². The third-order valence-electron chi connectivity index (χ3n) is 5.00. The van der Waals surface area contributed by atoms with Gasteiger partial charge >= 0.3 is 0 Å². The van der Waals surface area contributed by atoms with Gasteiger partial charge in [0.1, 0.15) is 18.1 Å². The Labute approximate surface area is 170 Å². The molecule has 0 bridgehead atoms. The van der Waals surface area contributed by atoms with Crippen molar-refractivity contribution in [2.24, 2.45) is 0 Å². The van der Waals surface area contributed by atoms with Crippen LogP contribution in [0.1, 0.15) is 16.3 Å². The number of anilines is 2. The van der Waals surface area contributed by atoms with E-state index in [9.17, 15) is 4.79 Å². The van der Waals surface area contributed by atoms with Crippen molar-refractivity contribution in [3.63, 3.8) is 0 Å². The summed E-state index contributed by atoms with van der Waals surface area (Å²) in [5, 5.41) is 2.88. The molecule has 0 saturated carbocycles. The minimum absolute atomic E-state index is 0.264. The number of rotatable bonds is 6. The highest BCUT2D eigenvalue weighted by atomic mass is 16.5. The number of benzene rings is 2. The van der Waals surface area contributed by atoms with Gasteiger partial charge in [0.2, 0.25) is 0 Å². The van der Waals surface area contributed by atoms with Crippen LogP contribution in [0.2, 0.25) is 0 Å². The molecule has 1 N–H and O–H groups in total. The van der Waals surface area contributed by atoms with E-state index in [0.29, 0.717) is 5.76 Å². The smallest absolute Gasteiger partial charge is 0.291 e. The number of amides is 1. The zero-order valence-corrected chi connectivity index (χ0v) is 16.5. The summed E-state index contributed by atoms with van der Waals surface area (Å²) in [5.74, 6) is 1.35. The van der Waals surface area contributed by atoms with Gasteiger partial charge in [-0.15, -0.1) is 0 Å². The number of para-hydroxylation sites is 1. The number of hydrogen-bond donors (Lipinski definition) is 1. The summed E-state index contributed by atoms with van der Waals surface area (Å²) in [6.07, 6.45) is 0. The number of nitrogens with zero attached hydrogens (tertiary/aromatic N) is 2. The molecule has 2 aromatic carbocycles. The molecule has 0 unspecified atom stereocenters. The zero-order chi connectivity index (χ0) is 20.1. The molecule has 0 radical (unpaired) electrons. The third-order valence-corrected chi connectivity index (χ3v) is 5.00. The first kappa shape index (κ1) is 19.1. The van der Waals surface area contributed by atoms with Crippen molar-refractivity contribution >= 4 is 17.3 Å². The quantitative estimate of drug-likeness (QED) is 0.691. The molecule has 3 aromatic rings. The van der Waals surface area contributed by atoms with Gasteiger partial charge < -0.3 is 24.3 Å². The number of likely N-dealkylation sites (N-methyl/N-ethyl adjacent to an activating group) is 1. The van der Waals surface area contributed by atoms with Crippen LogP contribution in [0.25, 0.3) is 0 Å². The molecule has 0 aliphatic carbocycles. The van der Waals surface area contributed by atoms with E-state index >= 15 is 0 Å². The topological polar surface area (TPSA) is 58.0 Å². The minimum atomic E-state index is -0.275. The largest absolute Gasteiger partial charge is 0.486 e. The SMILES string of the molecule is CN1CCN(c2ccc(NC(=O)c3ccc(COc4ccccc4)o3)cc2)CC1. The van der Waals surface area contributed by atoms with E-state index in [2.05, 4.69) is 22.2 Å². The molecule has 1 aromatic heterocycles. The van der Waals surface area contributed by atoms with Gasteiger partial charge in [-0.3, -0.25) is 4.79 Å². The average molecular weight is 391 g/mol. The standard InChI is InChI=1S/C23H25N3O3/c1-25-13-15-26(16-14-25)19-9-7-18(8-10-19)24-23(27)22-12-11-21(29-22)17-28-20-5-3-2-4-6-20/h2-12H,13-17H2,1H3,(H,24,27). The van der Waals surface area contributed by atoms with Gasteiger partial charge in [0.25, 0.3) is 5.91 Å². The minimum Gasteiger partial charge on any atom is -0.486 e. The molecule has 29 heavy (non-hydrogen) atoms. The van der Waals surface area contributed by atoms with Gasteiger partial charge in [0.05, 0.1) is 0 Å². The molecule has 6 nitrogen and oxygen atoms in total. The Morgan fingerprint density at radius 2 is 1.69 bits per heavy atom. The second-order valence-electron chi connectivity index (χ2n) is 7.16. The van der Waals surface area contributed by atoms with Crippen LogP contribution in [-0.2, 0) is 6.61 Å². The third kappa shape index (κ3) is 4.97. The second kappa shape index (κ2) is 8.84. The summed E-state index contributed by atoms with van der Waals surface area (Å²) in [6, 6.07) is 20.9. The van der Waals surface area contributed by atoms with E-state index in [-0.39, 0.29) is 18.3 Å². The molecule has 0 atom stereocenters. The summed E-state index contributed by atoms with van der Waals surface area (Å²) < 4.78 is 11.3. The fourth-order valence-electron chi connectivity index (χ4n) is 3.26. The summed E-state index contributed by atoms with van der Waals surface area (Å²) in [5.41, 5.74) is 1.92. The lowest BCUT2D eigenvalue weighted by Gasteiger charge is -2.34. The fraction of sp³-hybridized carbons (Fsp3) is 0.261. The molecular formula is C23H25N3O3. The molecule has 2 heterocycles. The Balaban J connectivity index is 1.31. The average Bonchev–Trinajstić information content (AvgIpc) is 3.24. The molecule has 1 fully saturated rings. The van der Waals surface area contributed by atoms with E-state index in [1.165, 1.54) is 5.69 Å². The number of piperazine rings is 1. The van der Waals surface area contributed by atoms with Crippen molar-refractivity contribution in [2.45, 2.75) is 6.61 Å². The van der Waals surface area contributed by atoms with Crippen LogP contribution in [0.4, 0.5) is 11.4 Å². The van der Waals surface area contributed by atoms with Crippen LogP contribution >= 0.6 is 0 Å². The Morgan fingerprint density at radius 1 is 0.966 bits per heavy atom. The number of carbonyl (C=O) groups is 1. The van der Waals surface area contributed by atoms with Crippen LogP contribution in [0, 0.1) is 0 Å². The van der Waals surface area contributed by atoms with Crippen molar-refractivity contribution in [1.82, 2.24) is 4.90 Å². The first-order valence-electron chi connectivity index (χ1n) is 9.79. The summed E-state index contributed by atoms with van der Waals surface area (Å²) in [6.45, 7) is 4.43. The zero-order valence-electron chi connectivity index (χ0n) is 16.5. The van der Waals surface area contributed by atoms with Gasteiger partial charge in [-0.25, -0.2) is 0 Å². The molecule has 6 heteroatoms. The molecule has 1 saturated heterocycles. The van der Waals surface area contributed by atoms with E-state index in [1.54, 1.807) is 12.1 Å². The Bertz CT molecular complexity index is 930. The maximum absolute atomic E-state index is 12.5. The molecule has 1 aliphatic heterocycles. The van der Waals surface area contributed by atoms with Crippen molar-refractivity contribution in [2.75, 3.05) is 43.4 Å². The fourth-order valence-corrected chi connectivity index (χ4v) is 3.26. The Hall–Kier alpha value is -3.25. The second-order valence-corrected chi connectivity index (χ2v) is 7.16. The molecule has 4 rings (SSSR count). The molecule has 1 aliphatic rings. The maximum atomic E-state index is 12.5. The van der Waals surface area contributed by atoms with Gasteiger partial charge in [0.15, 0.2) is 5.76 Å². The summed E-state index contributed by atoms with van der Waals surface area (Å²) in [7, 11) is 2.14. The molecule has 0 spiro atoms. The number of furan rings is 1. The van der Waals surface area contributed by atoms with Gasteiger partial charge in [-0.2, -0.15) is 0 Å². The molecular weight excluding hydrogens is 366 g/mol. The van der Waals surface area contributed by atoms with Crippen LogP contribution in [0.5, 0.6) is 5.75 Å². The lowest BCUT2D eigenvalue weighted by molar-refractivity contribution is 0.0992. The summed E-state index contributed by atoms with van der Waals surface area (Å²) in [4.78, 5) is 17.1. The highest BCUT2D eigenvalue weighted by molar-refractivity contribution is 6.02. The first-order chi connectivity index (χ1) is 14.2. The molecule has 1 amide bonds. The van der Waals surface area contributed by atoms with Crippen molar-refractivity contribution in [3.8, 4) is 5.75 Å². The lowest BCUT2D eigenvalue weighted by atomic mass is 10.2. The van der Waals surface area contributed by atoms with E-state index < -0.39 is 0 Å². The van der Waals surface area contributed by atoms with Crippen LogP contribution in [-0.4, -0.2) is 44.0 Å². The molecule has 150 valence electrons. The Kier molecular flexibility index (Phi) is 5.81. The van der Waals surface area contributed by atoms with Gasteiger partial charge in [0, 0.05) is 37.6 Å². The van der Waals surface area contributed by atoms with Crippen LogP contribution in [0.3, 0.4) is 0 Å². The van der Waals surface area contributed by atoms with Crippen molar-refractivity contribution in [3.05, 3.63) is 78.3 Å². The number of ether oxygens (including phenoxy) is 1. The van der Waals surface area contributed by atoms with E-state index in [4.69, 9.17) is 9.15 Å². The summed E-state index contributed by atoms with van der Waals surface area (Å²) >= 11 is 0. The van der Waals surface area contributed by atoms with E-state index in [1.807, 2.05) is 54.6 Å². The highest BCUT2D eigenvalue weighted by Crippen LogP contribution is 2.20. The van der Waals surface area contributed by atoms with Crippen LogP contribution < -0.4 is 15.0 Å². The van der Waals surface area contributed by atoms with E-state index in [0.717, 1.165) is 37.6 Å². The predicted octanol–water partition coefficient (Wildman–Crippen LogP) is 3.86. The number of hydrogen-bond acceptors (Lipinski definition) is 5. The van der Waals surface area contributed by atoms with Crippen LogP contribution in [0.15, 0.2) is 71.1 Å². The van der Waals surface area contributed by atoms with Crippen molar-refractivity contribution < 1.29 is 13.9 Å². The lowest BCUT2D eigenvalue weighted by Crippen LogP contribution is -2.44.